The van der Waals surface area contributed by atoms with Crippen molar-refractivity contribution in [2.45, 2.75) is 70.1 Å². The van der Waals surface area contributed by atoms with E-state index in [0.717, 1.165) is 12.8 Å². The van der Waals surface area contributed by atoms with Gasteiger partial charge < -0.3 is 25.2 Å². The number of fused-ring (bicyclic) bond motifs is 2. The average molecular weight is 364 g/mol. The molecule has 4 saturated carbocycles. The summed E-state index contributed by atoms with van der Waals surface area (Å²) in [6.07, 6.45) is -0.194. The molecule has 2 spiro atoms. The van der Waals surface area contributed by atoms with Crippen LogP contribution in [-0.2, 0) is 9.53 Å². The molecule has 4 bridgehead atoms. The van der Waals surface area contributed by atoms with Crippen LogP contribution in [0.3, 0.4) is 0 Å². The number of aliphatic hydroxyl groups excluding tert-OH is 3. The van der Waals surface area contributed by atoms with Gasteiger partial charge in [0, 0.05) is 11.8 Å². The van der Waals surface area contributed by atoms with Crippen LogP contribution in [0.2, 0.25) is 0 Å². The number of ether oxygens (including phenoxy) is 1. The lowest BCUT2D eigenvalue weighted by Crippen LogP contribution is -2.85. The van der Waals surface area contributed by atoms with Crippen LogP contribution < -0.4 is 0 Å². The van der Waals surface area contributed by atoms with Crippen molar-refractivity contribution >= 4 is 5.97 Å². The molecule has 0 aromatic heterocycles. The Hall–Kier alpha value is -0.950. The maximum atomic E-state index is 13.2. The topological polar surface area (TPSA) is 107 Å². The average Bonchev–Trinajstić information content (AvgIpc) is 2.66. The molecule has 0 radical (unpaired) electrons. The molecule has 6 nitrogen and oxygen atoms in total. The Morgan fingerprint density at radius 3 is 2.50 bits per heavy atom. The van der Waals surface area contributed by atoms with Gasteiger partial charge in [-0.1, -0.05) is 26.8 Å². The van der Waals surface area contributed by atoms with E-state index in [2.05, 4.69) is 6.58 Å². The number of esters is 1. The molecule has 6 heteroatoms. The third-order valence-electron chi connectivity index (χ3n) is 8.89. The van der Waals surface area contributed by atoms with Crippen LogP contribution in [0, 0.1) is 34.0 Å². The van der Waals surface area contributed by atoms with Gasteiger partial charge in [-0.15, -0.1) is 0 Å². The van der Waals surface area contributed by atoms with Crippen LogP contribution in [0.25, 0.3) is 0 Å². The summed E-state index contributed by atoms with van der Waals surface area (Å²) in [6.45, 7) is 8.01. The first-order valence-electron chi connectivity index (χ1n) is 9.75. The van der Waals surface area contributed by atoms with E-state index in [4.69, 9.17) is 4.74 Å². The summed E-state index contributed by atoms with van der Waals surface area (Å²) in [5.74, 6) is -4.02. The molecular formula is C20H28O6. The molecule has 2 aliphatic heterocycles. The first kappa shape index (κ1) is 17.2. The lowest BCUT2D eigenvalue weighted by Gasteiger charge is -2.73. The second kappa shape index (κ2) is 4.54. The monoisotopic (exact) mass is 364 g/mol. The minimum atomic E-state index is -2.30. The summed E-state index contributed by atoms with van der Waals surface area (Å²) in [5.41, 5.74) is -2.35. The van der Waals surface area contributed by atoms with Gasteiger partial charge in [-0.3, -0.25) is 4.79 Å². The Labute approximate surface area is 152 Å². The van der Waals surface area contributed by atoms with Crippen molar-refractivity contribution in [3.05, 3.63) is 12.2 Å². The Kier molecular flexibility index (Phi) is 3.00. The molecule has 0 unspecified atom stereocenters. The molecule has 0 aromatic carbocycles. The van der Waals surface area contributed by atoms with Crippen molar-refractivity contribution in [1.29, 1.82) is 0 Å². The summed E-state index contributed by atoms with van der Waals surface area (Å²) >= 11 is 0. The zero-order chi connectivity index (χ0) is 18.9. The lowest BCUT2D eigenvalue weighted by molar-refractivity contribution is -0.434. The SMILES string of the molecule is C=C1[C@H]2CC[C@H]3[C@]45CCCC(C)(C)[C@H]4[C@H](O)[C@@](O)(OC5=O)[C@@]3([C@@H]1O)[C@@H]2O. The lowest BCUT2D eigenvalue weighted by atomic mass is 9.36. The Balaban J connectivity index is 1.82. The van der Waals surface area contributed by atoms with Gasteiger partial charge in [0.15, 0.2) is 0 Å². The van der Waals surface area contributed by atoms with Gasteiger partial charge in [-0.25, -0.2) is 0 Å². The highest BCUT2D eigenvalue weighted by Crippen LogP contribution is 2.77. The van der Waals surface area contributed by atoms with E-state index < -0.39 is 52.7 Å². The van der Waals surface area contributed by atoms with Crippen LogP contribution in [0.4, 0.5) is 0 Å². The van der Waals surface area contributed by atoms with Gasteiger partial charge in [0.05, 0.1) is 23.0 Å². The van der Waals surface area contributed by atoms with Crippen molar-refractivity contribution in [3.63, 3.8) is 0 Å². The Morgan fingerprint density at radius 2 is 1.81 bits per heavy atom. The standard InChI is InChI=1S/C20H28O6/c1-9-10-5-6-11-18-8-4-7-17(2,3)12(18)15(23)20(25,26-16(18)24)19(11,13(9)21)14(10)22/h10-15,21-23,25H,1,4-8H2,2-3H3/t10-,11+,12-,13-,14-,15+,18-,19+,20-/m1/s1. The Morgan fingerprint density at radius 1 is 1.12 bits per heavy atom. The predicted molar refractivity (Wildman–Crippen MR) is 90.4 cm³/mol. The van der Waals surface area contributed by atoms with E-state index in [1.807, 2.05) is 13.8 Å². The molecule has 144 valence electrons. The summed E-state index contributed by atoms with van der Waals surface area (Å²) in [4.78, 5) is 13.2. The van der Waals surface area contributed by atoms with E-state index in [-0.39, 0.29) is 11.3 Å². The summed E-state index contributed by atoms with van der Waals surface area (Å²) in [7, 11) is 0. The zero-order valence-corrected chi connectivity index (χ0v) is 15.3. The zero-order valence-electron chi connectivity index (χ0n) is 15.3. The molecule has 6 fully saturated rings. The van der Waals surface area contributed by atoms with Crippen LogP contribution in [-0.4, -0.2) is 50.5 Å². The van der Waals surface area contributed by atoms with Crippen LogP contribution in [0.5, 0.6) is 0 Å². The molecule has 2 saturated heterocycles. The van der Waals surface area contributed by atoms with Crippen LogP contribution in [0.15, 0.2) is 12.2 Å². The molecule has 4 N–H and O–H groups in total. The van der Waals surface area contributed by atoms with E-state index in [0.29, 0.717) is 24.8 Å². The van der Waals surface area contributed by atoms with Crippen molar-refractivity contribution in [2.24, 2.45) is 34.0 Å². The first-order chi connectivity index (χ1) is 12.1. The molecular weight excluding hydrogens is 336 g/mol. The number of carbonyl (C=O) groups excluding carboxylic acids is 1. The minimum absolute atomic E-state index is 0.345. The number of hydrogen-bond donors (Lipinski definition) is 4. The van der Waals surface area contributed by atoms with Crippen LogP contribution >= 0.6 is 0 Å². The molecule has 6 aliphatic rings. The number of hydrogen-bond acceptors (Lipinski definition) is 6. The van der Waals surface area contributed by atoms with E-state index in [1.165, 1.54) is 0 Å². The highest BCUT2D eigenvalue weighted by Gasteiger charge is 2.88. The van der Waals surface area contributed by atoms with Gasteiger partial charge in [0.1, 0.15) is 6.10 Å². The highest BCUT2D eigenvalue weighted by atomic mass is 16.7. The molecule has 26 heavy (non-hydrogen) atoms. The first-order valence-corrected chi connectivity index (χ1v) is 9.75. The summed E-state index contributed by atoms with van der Waals surface area (Å²) in [5, 5.41) is 45.2. The van der Waals surface area contributed by atoms with Gasteiger partial charge in [0.2, 0.25) is 5.79 Å². The van der Waals surface area contributed by atoms with Crippen molar-refractivity contribution in [1.82, 2.24) is 0 Å². The fourth-order valence-corrected chi connectivity index (χ4v) is 8.06. The summed E-state index contributed by atoms with van der Waals surface area (Å²) < 4.78 is 5.52. The Bertz CT molecular complexity index is 717. The third kappa shape index (κ3) is 1.38. The smallest absolute Gasteiger partial charge is 0.315 e. The molecule has 0 aromatic rings. The molecule has 6 rings (SSSR count). The highest BCUT2D eigenvalue weighted by molar-refractivity contribution is 5.82. The van der Waals surface area contributed by atoms with E-state index in [1.54, 1.807) is 0 Å². The fraction of sp³-hybridized carbons (Fsp3) is 0.850. The van der Waals surface area contributed by atoms with Gasteiger partial charge in [0.25, 0.3) is 0 Å². The second-order valence-corrected chi connectivity index (χ2v) is 9.98. The maximum absolute atomic E-state index is 13.2. The molecule has 9 atom stereocenters. The van der Waals surface area contributed by atoms with E-state index >= 15 is 0 Å². The third-order valence-corrected chi connectivity index (χ3v) is 8.89. The van der Waals surface area contributed by atoms with Crippen molar-refractivity contribution in [2.75, 3.05) is 0 Å². The van der Waals surface area contributed by atoms with Crippen LogP contribution in [0.1, 0.15) is 46.0 Å². The van der Waals surface area contributed by atoms with Gasteiger partial charge in [-0.05, 0) is 42.6 Å². The van der Waals surface area contributed by atoms with E-state index in [9.17, 15) is 25.2 Å². The number of aliphatic hydroxyl groups is 4. The molecule has 4 aliphatic carbocycles. The minimum Gasteiger partial charge on any atom is -0.429 e. The quantitative estimate of drug-likeness (QED) is 0.373. The largest absolute Gasteiger partial charge is 0.429 e. The normalized spacial score (nSPS) is 59.6. The number of carbonyl (C=O) groups is 1. The van der Waals surface area contributed by atoms with Gasteiger partial charge in [-0.2, -0.15) is 0 Å². The second-order valence-electron chi connectivity index (χ2n) is 9.98. The van der Waals surface area contributed by atoms with Crippen molar-refractivity contribution in [3.8, 4) is 0 Å². The number of rotatable bonds is 0. The molecule has 2 heterocycles. The predicted octanol–water partition coefficient (Wildman–Crippen LogP) is 0.723. The van der Waals surface area contributed by atoms with Gasteiger partial charge >= 0.3 is 5.97 Å². The van der Waals surface area contributed by atoms with Crippen molar-refractivity contribution < 1.29 is 30.0 Å². The molecule has 0 amide bonds. The fourth-order valence-electron chi connectivity index (χ4n) is 8.06. The summed E-state index contributed by atoms with van der Waals surface area (Å²) in [6, 6.07) is 0. The maximum Gasteiger partial charge on any atom is 0.315 e.